The fraction of sp³-hybridized carbons (Fsp3) is 0.120. The van der Waals surface area contributed by atoms with E-state index in [2.05, 4.69) is 4.99 Å². The van der Waals surface area contributed by atoms with Crippen LogP contribution in [0.4, 0.5) is 14.5 Å². The summed E-state index contributed by atoms with van der Waals surface area (Å²) < 4.78 is 32.7. The first-order valence-electron chi connectivity index (χ1n) is 10.1. The van der Waals surface area contributed by atoms with Gasteiger partial charge in [-0.05, 0) is 72.8 Å². The zero-order chi connectivity index (χ0) is 22.5. The Kier molecular flexibility index (Phi) is 6.66. The molecule has 4 nitrogen and oxygen atoms in total. The van der Waals surface area contributed by atoms with Crippen LogP contribution in [0.5, 0.6) is 5.75 Å². The first kappa shape index (κ1) is 21.8. The molecule has 0 unspecified atom stereocenters. The van der Waals surface area contributed by atoms with Gasteiger partial charge in [0, 0.05) is 12.1 Å². The number of hydrogen-bond donors (Lipinski definition) is 0. The summed E-state index contributed by atoms with van der Waals surface area (Å²) in [6.07, 6.45) is 1.78. The fourth-order valence-electron chi connectivity index (χ4n) is 3.12. The van der Waals surface area contributed by atoms with Crippen molar-refractivity contribution in [3.05, 3.63) is 100 Å². The first-order chi connectivity index (χ1) is 15.5. The largest absolute Gasteiger partial charge is 0.489 e. The van der Waals surface area contributed by atoms with E-state index in [4.69, 9.17) is 4.74 Å². The zero-order valence-electron chi connectivity index (χ0n) is 17.3. The van der Waals surface area contributed by atoms with Crippen LogP contribution in [0.3, 0.4) is 0 Å². The summed E-state index contributed by atoms with van der Waals surface area (Å²) in [6, 6.07) is 19.5. The number of rotatable bonds is 6. The molecule has 0 bridgehead atoms. The summed E-state index contributed by atoms with van der Waals surface area (Å²) >= 11 is 1.27. The maximum atomic E-state index is 13.8. The van der Waals surface area contributed by atoms with Crippen molar-refractivity contribution in [1.29, 1.82) is 0 Å². The molecule has 3 aromatic carbocycles. The van der Waals surface area contributed by atoms with E-state index in [0.29, 0.717) is 33.6 Å². The summed E-state index contributed by atoms with van der Waals surface area (Å²) in [4.78, 5) is 19.5. The molecule has 7 heteroatoms. The minimum absolute atomic E-state index is 0.110. The van der Waals surface area contributed by atoms with Gasteiger partial charge in [-0.2, -0.15) is 0 Å². The molecular formula is C25H20F2N2O2S. The second kappa shape index (κ2) is 9.78. The van der Waals surface area contributed by atoms with Crippen LogP contribution in [0.25, 0.3) is 6.08 Å². The lowest BCUT2D eigenvalue weighted by Crippen LogP contribution is -2.28. The van der Waals surface area contributed by atoms with Crippen molar-refractivity contribution in [2.45, 2.75) is 13.5 Å². The molecule has 1 amide bonds. The monoisotopic (exact) mass is 450 g/mol. The summed E-state index contributed by atoms with van der Waals surface area (Å²) in [5.74, 6) is -0.220. The quantitative estimate of drug-likeness (QED) is 0.422. The van der Waals surface area contributed by atoms with Crippen molar-refractivity contribution in [3.63, 3.8) is 0 Å². The third-order valence-corrected chi connectivity index (χ3v) is 5.77. The highest BCUT2D eigenvalue weighted by atomic mass is 32.2. The van der Waals surface area contributed by atoms with Crippen molar-refractivity contribution in [3.8, 4) is 5.75 Å². The average molecular weight is 451 g/mol. The maximum absolute atomic E-state index is 13.8. The Morgan fingerprint density at radius 2 is 1.81 bits per heavy atom. The van der Waals surface area contributed by atoms with Gasteiger partial charge in [-0.15, -0.1) is 0 Å². The highest BCUT2D eigenvalue weighted by molar-refractivity contribution is 8.18. The second-order valence-corrected chi connectivity index (χ2v) is 7.99. The first-order valence-corrected chi connectivity index (χ1v) is 10.9. The van der Waals surface area contributed by atoms with Gasteiger partial charge in [-0.25, -0.2) is 13.8 Å². The van der Waals surface area contributed by atoms with E-state index < -0.39 is 0 Å². The van der Waals surface area contributed by atoms with Gasteiger partial charge in [0.2, 0.25) is 0 Å². The number of carbonyl (C=O) groups excluding carboxylic acids is 1. The van der Waals surface area contributed by atoms with Gasteiger partial charge >= 0.3 is 0 Å². The number of ether oxygens (including phenoxy) is 1. The van der Waals surface area contributed by atoms with E-state index in [1.54, 1.807) is 53.4 Å². The van der Waals surface area contributed by atoms with Gasteiger partial charge in [0.05, 0.1) is 10.6 Å². The number of amides is 1. The van der Waals surface area contributed by atoms with Gasteiger partial charge in [0.25, 0.3) is 5.91 Å². The Morgan fingerprint density at radius 3 is 2.56 bits per heavy atom. The van der Waals surface area contributed by atoms with Gasteiger partial charge < -0.3 is 4.74 Å². The van der Waals surface area contributed by atoms with E-state index in [1.165, 1.54) is 30.0 Å². The molecule has 4 rings (SSSR count). The van der Waals surface area contributed by atoms with E-state index in [1.807, 2.05) is 19.1 Å². The van der Waals surface area contributed by atoms with Gasteiger partial charge in [0.1, 0.15) is 24.0 Å². The summed E-state index contributed by atoms with van der Waals surface area (Å²) in [5, 5.41) is 0.544. The molecule has 0 saturated carbocycles. The van der Waals surface area contributed by atoms with E-state index in [9.17, 15) is 13.6 Å². The van der Waals surface area contributed by atoms with E-state index in [0.717, 1.165) is 5.56 Å². The van der Waals surface area contributed by atoms with Crippen LogP contribution >= 0.6 is 11.8 Å². The third kappa shape index (κ3) is 5.06. The topological polar surface area (TPSA) is 41.9 Å². The molecule has 0 aliphatic carbocycles. The molecule has 3 aromatic rings. The van der Waals surface area contributed by atoms with Crippen LogP contribution in [0.15, 0.2) is 82.7 Å². The standard InChI is InChI=1S/C25H20F2N2O2S/c1-2-29-24(30)23(32-25(29)28-20-12-10-19(26)11-13-20)15-17-6-5-8-21(14-17)31-16-18-7-3-4-9-22(18)27/h3-15H,2,16H2,1H3/b23-15+,28-25?. The zero-order valence-corrected chi connectivity index (χ0v) is 18.1. The highest BCUT2D eigenvalue weighted by Crippen LogP contribution is 2.34. The number of halogens is 2. The Hall–Kier alpha value is -3.45. The number of benzene rings is 3. The van der Waals surface area contributed by atoms with Crippen LogP contribution in [-0.4, -0.2) is 22.5 Å². The molecule has 1 fully saturated rings. The van der Waals surface area contributed by atoms with Crippen LogP contribution in [0.2, 0.25) is 0 Å². The summed E-state index contributed by atoms with van der Waals surface area (Å²) in [6.45, 7) is 2.45. The van der Waals surface area contributed by atoms with Gasteiger partial charge in [-0.1, -0.05) is 30.3 Å². The fourth-order valence-corrected chi connectivity index (χ4v) is 4.18. The molecule has 1 heterocycles. The molecule has 0 atom stereocenters. The van der Waals surface area contributed by atoms with Crippen LogP contribution in [0.1, 0.15) is 18.1 Å². The number of hydrogen-bond acceptors (Lipinski definition) is 4. The molecule has 0 N–H and O–H groups in total. The molecule has 162 valence electrons. The lowest BCUT2D eigenvalue weighted by molar-refractivity contribution is -0.122. The number of likely N-dealkylation sites (N-methyl/N-ethyl adjacent to an activating group) is 1. The second-order valence-electron chi connectivity index (χ2n) is 6.98. The normalized spacial score (nSPS) is 16.2. The summed E-state index contributed by atoms with van der Waals surface area (Å²) in [7, 11) is 0. The predicted octanol–water partition coefficient (Wildman–Crippen LogP) is 6.17. The average Bonchev–Trinajstić information content (AvgIpc) is 3.08. The lowest BCUT2D eigenvalue weighted by atomic mass is 10.2. The van der Waals surface area contributed by atoms with Crippen molar-refractivity contribution >= 4 is 34.6 Å². The van der Waals surface area contributed by atoms with Gasteiger partial charge in [-0.3, -0.25) is 9.69 Å². The Bertz CT molecular complexity index is 1190. The molecule has 0 spiro atoms. The molecule has 0 radical (unpaired) electrons. The molecule has 32 heavy (non-hydrogen) atoms. The van der Waals surface area contributed by atoms with Crippen LogP contribution in [0, 0.1) is 11.6 Å². The number of thioether (sulfide) groups is 1. The van der Waals surface area contributed by atoms with Gasteiger partial charge in [0.15, 0.2) is 5.17 Å². The van der Waals surface area contributed by atoms with E-state index >= 15 is 0 Å². The predicted molar refractivity (Wildman–Crippen MR) is 124 cm³/mol. The van der Waals surface area contributed by atoms with E-state index in [-0.39, 0.29) is 24.1 Å². The molecule has 1 aliphatic rings. The minimum atomic E-state index is -0.339. The van der Waals surface area contributed by atoms with Crippen molar-refractivity contribution in [2.24, 2.45) is 4.99 Å². The number of amidine groups is 1. The minimum Gasteiger partial charge on any atom is -0.489 e. The molecule has 1 aliphatic heterocycles. The smallest absolute Gasteiger partial charge is 0.266 e. The third-order valence-electron chi connectivity index (χ3n) is 4.76. The number of nitrogens with zero attached hydrogens (tertiary/aromatic N) is 2. The van der Waals surface area contributed by atoms with Crippen molar-refractivity contribution in [1.82, 2.24) is 4.90 Å². The Balaban J connectivity index is 1.53. The summed E-state index contributed by atoms with van der Waals surface area (Å²) in [5.41, 5.74) is 1.83. The SMILES string of the molecule is CCN1C(=O)/C(=C\c2cccc(OCc3ccccc3F)c2)SC1=Nc1ccc(F)cc1. The van der Waals surface area contributed by atoms with Crippen LogP contribution in [-0.2, 0) is 11.4 Å². The van der Waals surface area contributed by atoms with Crippen molar-refractivity contribution in [2.75, 3.05) is 6.54 Å². The number of carbonyl (C=O) groups is 1. The Labute approximate surface area is 189 Å². The molecule has 0 aromatic heterocycles. The van der Waals surface area contributed by atoms with Crippen molar-refractivity contribution < 1.29 is 18.3 Å². The Morgan fingerprint density at radius 1 is 1.03 bits per heavy atom. The molecular weight excluding hydrogens is 430 g/mol. The number of aliphatic imine (C=N–C) groups is 1. The highest BCUT2D eigenvalue weighted by Gasteiger charge is 2.32. The maximum Gasteiger partial charge on any atom is 0.266 e. The van der Waals surface area contributed by atoms with Crippen LogP contribution < -0.4 is 4.74 Å². The molecule has 1 saturated heterocycles. The lowest BCUT2D eigenvalue weighted by Gasteiger charge is -2.11.